The van der Waals surface area contributed by atoms with Crippen molar-refractivity contribution in [2.45, 2.75) is 12.8 Å². The molecule has 0 saturated heterocycles. The second-order valence-corrected chi connectivity index (χ2v) is 7.31. The highest BCUT2D eigenvalue weighted by molar-refractivity contribution is 6.32. The summed E-state index contributed by atoms with van der Waals surface area (Å²) < 4.78 is 6.27. The molecule has 0 aliphatic carbocycles. The van der Waals surface area contributed by atoms with Crippen LogP contribution in [0.2, 0.25) is 10.2 Å². The Morgan fingerprint density at radius 3 is 2.48 bits per heavy atom. The zero-order valence-electron chi connectivity index (χ0n) is 14.4. The van der Waals surface area contributed by atoms with E-state index in [1.807, 2.05) is 36.4 Å². The van der Waals surface area contributed by atoms with Crippen LogP contribution in [0.1, 0.15) is 28.4 Å². The molecule has 0 radical (unpaired) electrons. The van der Waals surface area contributed by atoms with Crippen LogP contribution in [-0.4, -0.2) is 9.97 Å². The van der Waals surface area contributed by atoms with Crippen molar-refractivity contribution in [3.05, 3.63) is 93.4 Å². The van der Waals surface area contributed by atoms with Crippen molar-refractivity contribution in [3.8, 4) is 11.6 Å². The molecule has 0 bridgehead atoms. The van der Waals surface area contributed by atoms with Gasteiger partial charge in [-0.2, -0.15) is 4.98 Å². The van der Waals surface area contributed by atoms with E-state index in [2.05, 4.69) is 34.2 Å². The predicted octanol–water partition coefficient (Wildman–Crippen LogP) is 6.53. The molecular weight excluding hydrogens is 379 g/mol. The van der Waals surface area contributed by atoms with E-state index in [0.29, 0.717) is 21.9 Å². The number of benzene rings is 3. The Morgan fingerprint density at radius 2 is 1.63 bits per heavy atom. The van der Waals surface area contributed by atoms with Gasteiger partial charge in [0, 0.05) is 21.9 Å². The summed E-state index contributed by atoms with van der Waals surface area (Å²) in [4.78, 5) is 8.88. The number of ether oxygens (including phenoxy) is 1. The largest absolute Gasteiger partial charge is 0.438 e. The van der Waals surface area contributed by atoms with Gasteiger partial charge < -0.3 is 4.74 Å². The Bertz CT molecular complexity index is 1210. The van der Waals surface area contributed by atoms with E-state index >= 15 is 0 Å². The molecule has 2 heterocycles. The molecule has 0 fully saturated rings. The summed E-state index contributed by atoms with van der Waals surface area (Å²) in [6, 6.07) is 20.1. The van der Waals surface area contributed by atoms with Crippen LogP contribution in [0.25, 0.3) is 10.8 Å². The van der Waals surface area contributed by atoms with Gasteiger partial charge in [-0.25, -0.2) is 4.98 Å². The average molecular weight is 393 g/mol. The molecule has 3 nitrogen and oxygen atoms in total. The number of nitrogens with zero attached hydrogens (tertiary/aromatic N) is 2. The van der Waals surface area contributed by atoms with Crippen LogP contribution in [0.4, 0.5) is 0 Å². The average Bonchev–Trinajstić information content (AvgIpc) is 2.66. The minimum Gasteiger partial charge on any atom is -0.438 e. The number of aromatic nitrogens is 2. The highest BCUT2D eigenvalue weighted by Crippen LogP contribution is 2.51. The standard InChI is InChI=1S/C22H14Cl2N2O/c1-12-25-21(24)19-18(15-8-4-5-9-17(15)23)16-11-10-13-6-2-3-7-14(13)20(16)27-22(19)26-12/h2-11,18H,1H3. The van der Waals surface area contributed by atoms with Gasteiger partial charge in [-0.05, 0) is 23.9 Å². The van der Waals surface area contributed by atoms with Gasteiger partial charge in [-0.15, -0.1) is 0 Å². The highest BCUT2D eigenvalue weighted by Gasteiger charge is 2.34. The summed E-state index contributed by atoms with van der Waals surface area (Å²) in [5, 5.41) is 3.20. The van der Waals surface area contributed by atoms with Gasteiger partial charge in [0.05, 0.1) is 5.56 Å². The van der Waals surface area contributed by atoms with E-state index in [1.54, 1.807) is 6.92 Å². The van der Waals surface area contributed by atoms with Crippen molar-refractivity contribution in [2.75, 3.05) is 0 Å². The lowest BCUT2D eigenvalue weighted by molar-refractivity contribution is 0.435. The number of fused-ring (bicyclic) bond motifs is 4. The summed E-state index contributed by atoms with van der Waals surface area (Å²) in [5.41, 5.74) is 2.71. The number of hydrogen-bond acceptors (Lipinski definition) is 3. The van der Waals surface area contributed by atoms with E-state index in [1.165, 1.54) is 0 Å². The van der Waals surface area contributed by atoms with Gasteiger partial charge in [0.15, 0.2) is 0 Å². The van der Waals surface area contributed by atoms with Crippen molar-refractivity contribution in [1.29, 1.82) is 0 Å². The first-order valence-electron chi connectivity index (χ1n) is 8.61. The molecule has 1 aromatic heterocycles. The molecule has 4 aromatic rings. The van der Waals surface area contributed by atoms with Gasteiger partial charge in [0.25, 0.3) is 0 Å². The lowest BCUT2D eigenvalue weighted by atomic mass is 9.83. The van der Waals surface area contributed by atoms with Gasteiger partial charge in [0.1, 0.15) is 16.7 Å². The Morgan fingerprint density at radius 1 is 0.852 bits per heavy atom. The van der Waals surface area contributed by atoms with Crippen molar-refractivity contribution < 1.29 is 4.74 Å². The summed E-state index contributed by atoms with van der Waals surface area (Å²) >= 11 is 13.1. The van der Waals surface area contributed by atoms with Crippen LogP contribution in [0, 0.1) is 6.92 Å². The van der Waals surface area contributed by atoms with Crippen molar-refractivity contribution >= 4 is 34.0 Å². The number of aryl methyl sites for hydroxylation is 1. The van der Waals surface area contributed by atoms with Gasteiger partial charge in [-0.1, -0.05) is 77.8 Å². The third kappa shape index (κ3) is 2.58. The lowest BCUT2D eigenvalue weighted by Crippen LogP contribution is -2.15. The fourth-order valence-corrected chi connectivity index (χ4v) is 4.29. The van der Waals surface area contributed by atoms with E-state index in [4.69, 9.17) is 27.9 Å². The molecule has 1 aliphatic heterocycles. The van der Waals surface area contributed by atoms with Crippen LogP contribution in [0.15, 0.2) is 60.7 Å². The Kier molecular flexibility index (Phi) is 3.81. The van der Waals surface area contributed by atoms with Crippen molar-refractivity contribution in [2.24, 2.45) is 0 Å². The molecule has 3 aromatic carbocycles. The van der Waals surface area contributed by atoms with Gasteiger partial charge >= 0.3 is 0 Å². The molecule has 5 rings (SSSR count). The molecule has 5 heteroatoms. The molecule has 1 unspecified atom stereocenters. The number of rotatable bonds is 1. The first-order chi connectivity index (χ1) is 13.1. The lowest BCUT2D eigenvalue weighted by Gasteiger charge is -2.29. The van der Waals surface area contributed by atoms with Gasteiger partial charge in [0.2, 0.25) is 5.88 Å². The molecule has 132 valence electrons. The molecular formula is C22H14Cl2N2O. The molecule has 0 saturated carbocycles. The zero-order valence-corrected chi connectivity index (χ0v) is 15.9. The molecule has 1 atom stereocenters. The third-order valence-corrected chi connectivity index (χ3v) is 5.53. The fraction of sp³-hybridized carbons (Fsp3) is 0.0909. The summed E-state index contributed by atoms with van der Waals surface area (Å²) in [5.74, 6) is 1.65. The van der Waals surface area contributed by atoms with E-state index in [9.17, 15) is 0 Å². The van der Waals surface area contributed by atoms with Crippen LogP contribution in [0.3, 0.4) is 0 Å². The first kappa shape index (κ1) is 16.5. The van der Waals surface area contributed by atoms with Crippen LogP contribution in [0.5, 0.6) is 11.6 Å². The van der Waals surface area contributed by atoms with E-state index in [-0.39, 0.29) is 5.92 Å². The minimum atomic E-state index is -0.199. The van der Waals surface area contributed by atoms with E-state index < -0.39 is 0 Å². The maximum Gasteiger partial charge on any atom is 0.228 e. The molecule has 0 spiro atoms. The molecule has 27 heavy (non-hydrogen) atoms. The second kappa shape index (κ2) is 6.22. The quantitative estimate of drug-likeness (QED) is 0.304. The zero-order chi connectivity index (χ0) is 18.5. The fourth-order valence-electron chi connectivity index (χ4n) is 3.73. The monoisotopic (exact) mass is 392 g/mol. The number of halogens is 2. The van der Waals surface area contributed by atoms with Crippen molar-refractivity contribution in [1.82, 2.24) is 9.97 Å². The normalized spacial score (nSPS) is 15.1. The summed E-state index contributed by atoms with van der Waals surface area (Å²) in [6.07, 6.45) is 0. The molecule has 0 amide bonds. The number of hydrogen-bond donors (Lipinski definition) is 0. The van der Waals surface area contributed by atoms with Crippen molar-refractivity contribution in [3.63, 3.8) is 0 Å². The third-order valence-electron chi connectivity index (χ3n) is 4.90. The second-order valence-electron chi connectivity index (χ2n) is 6.54. The SMILES string of the molecule is Cc1nc(Cl)c2c(n1)Oc1c(ccc3ccccc13)C2c1ccccc1Cl. The molecule has 0 N–H and O–H groups in total. The first-order valence-corrected chi connectivity index (χ1v) is 9.37. The maximum atomic E-state index is 6.57. The Hall–Kier alpha value is -2.62. The predicted molar refractivity (Wildman–Crippen MR) is 108 cm³/mol. The summed E-state index contributed by atoms with van der Waals surface area (Å²) in [7, 11) is 0. The Labute approximate surface area is 166 Å². The smallest absolute Gasteiger partial charge is 0.228 e. The highest BCUT2D eigenvalue weighted by atomic mass is 35.5. The van der Waals surface area contributed by atoms with Crippen LogP contribution in [-0.2, 0) is 0 Å². The van der Waals surface area contributed by atoms with Gasteiger partial charge in [-0.3, -0.25) is 0 Å². The minimum absolute atomic E-state index is 0.199. The van der Waals surface area contributed by atoms with Crippen LogP contribution >= 0.6 is 23.2 Å². The summed E-state index contributed by atoms with van der Waals surface area (Å²) in [6.45, 7) is 1.80. The topological polar surface area (TPSA) is 35.0 Å². The van der Waals surface area contributed by atoms with E-state index in [0.717, 1.165) is 33.2 Å². The maximum absolute atomic E-state index is 6.57. The molecule has 1 aliphatic rings. The Balaban J connectivity index is 1.88. The van der Waals surface area contributed by atoms with Crippen LogP contribution < -0.4 is 4.74 Å².